The number of hydrogen-bond donors (Lipinski definition) is 0. The smallest absolute Gasteiger partial charge is 0.257 e. The molecule has 1 aliphatic heterocycles. The fraction of sp³-hybridized carbons (Fsp3) is 0.400. The van der Waals surface area contributed by atoms with Crippen molar-refractivity contribution in [3.63, 3.8) is 0 Å². The summed E-state index contributed by atoms with van der Waals surface area (Å²) in [5.74, 6) is 0.471. The molecule has 3 aromatic rings. The lowest BCUT2D eigenvalue weighted by Gasteiger charge is -2.31. The van der Waals surface area contributed by atoms with Crippen molar-refractivity contribution in [3.05, 3.63) is 53.7 Å². The number of piperidine rings is 1. The van der Waals surface area contributed by atoms with Crippen LogP contribution in [0.1, 0.15) is 47.4 Å². The number of nitrogens with zero attached hydrogens (tertiary/aromatic N) is 5. The second-order valence-electron chi connectivity index (χ2n) is 6.86. The zero-order chi connectivity index (χ0) is 18.1. The molecule has 0 aliphatic carbocycles. The number of aryl methyl sites for hydroxylation is 2. The van der Waals surface area contributed by atoms with Crippen LogP contribution in [-0.4, -0.2) is 43.6 Å². The van der Waals surface area contributed by atoms with E-state index in [0.717, 1.165) is 60.3 Å². The van der Waals surface area contributed by atoms with E-state index in [2.05, 4.69) is 21.1 Å². The molecule has 6 nitrogen and oxygen atoms in total. The van der Waals surface area contributed by atoms with Crippen molar-refractivity contribution in [2.45, 2.75) is 39.2 Å². The van der Waals surface area contributed by atoms with Crippen molar-refractivity contribution in [2.24, 2.45) is 0 Å². The summed E-state index contributed by atoms with van der Waals surface area (Å²) in [6, 6.07) is 6.04. The molecule has 0 aromatic carbocycles. The highest BCUT2D eigenvalue weighted by atomic mass is 16.2. The lowest BCUT2D eigenvalue weighted by Crippen LogP contribution is -2.38. The Hall–Kier alpha value is -2.76. The average Bonchev–Trinajstić information content (AvgIpc) is 3.08. The lowest BCUT2D eigenvalue weighted by molar-refractivity contribution is 0.0711. The molecule has 0 atom stereocenters. The van der Waals surface area contributed by atoms with Crippen LogP contribution in [0.2, 0.25) is 0 Å². The van der Waals surface area contributed by atoms with E-state index in [1.165, 1.54) is 0 Å². The van der Waals surface area contributed by atoms with E-state index in [0.29, 0.717) is 5.92 Å². The summed E-state index contributed by atoms with van der Waals surface area (Å²) in [6.07, 6.45) is 7.43. The molecule has 1 amide bonds. The van der Waals surface area contributed by atoms with Gasteiger partial charge in [-0.05, 0) is 44.9 Å². The SMILES string of the molecule is CCn1cc(C(=O)N2CCC(c3cc4ncccc4cn3)CC2)c(C)n1. The fourth-order valence-electron chi connectivity index (χ4n) is 3.64. The predicted octanol–water partition coefficient (Wildman–Crippen LogP) is 3.17. The quantitative estimate of drug-likeness (QED) is 0.728. The predicted molar refractivity (Wildman–Crippen MR) is 100 cm³/mol. The molecule has 4 heterocycles. The Morgan fingerprint density at radius 3 is 2.81 bits per heavy atom. The van der Waals surface area contributed by atoms with Crippen molar-refractivity contribution in [3.8, 4) is 0 Å². The number of carbonyl (C=O) groups excluding carboxylic acids is 1. The van der Waals surface area contributed by atoms with Crippen LogP contribution in [0.4, 0.5) is 0 Å². The van der Waals surface area contributed by atoms with Gasteiger partial charge in [-0.3, -0.25) is 19.4 Å². The number of fused-ring (bicyclic) bond motifs is 1. The van der Waals surface area contributed by atoms with Crippen LogP contribution in [0.25, 0.3) is 10.9 Å². The van der Waals surface area contributed by atoms with E-state index in [-0.39, 0.29) is 5.91 Å². The first-order chi connectivity index (χ1) is 12.7. The zero-order valence-electron chi connectivity index (χ0n) is 15.2. The van der Waals surface area contributed by atoms with Crippen LogP contribution in [0.3, 0.4) is 0 Å². The summed E-state index contributed by atoms with van der Waals surface area (Å²) in [5.41, 5.74) is 3.59. The minimum atomic E-state index is 0.0915. The van der Waals surface area contributed by atoms with E-state index >= 15 is 0 Å². The third kappa shape index (κ3) is 3.07. The molecule has 4 rings (SSSR count). The Labute approximate surface area is 152 Å². The van der Waals surface area contributed by atoms with Crippen LogP contribution < -0.4 is 0 Å². The molecule has 0 radical (unpaired) electrons. The largest absolute Gasteiger partial charge is 0.338 e. The maximum Gasteiger partial charge on any atom is 0.257 e. The highest BCUT2D eigenvalue weighted by Crippen LogP contribution is 2.29. The summed E-state index contributed by atoms with van der Waals surface area (Å²) < 4.78 is 1.82. The third-order valence-corrected chi connectivity index (χ3v) is 5.21. The van der Waals surface area contributed by atoms with Gasteiger partial charge in [-0.15, -0.1) is 0 Å². The Morgan fingerprint density at radius 2 is 2.08 bits per heavy atom. The van der Waals surface area contributed by atoms with E-state index < -0.39 is 0 Å². The number of pyridine rings is 2. The van der Waals surface area contributed by atoms with Gasteiger partial charge >= 0.3 is 0 Å². The van der Waals surface area contributed by atoms with Gasteiger partial charge in [0.15, 0.2) is 0 Å². The van der Waals surface area contributed by atoms with Crippen molar-refractivity contribution < 1.29 is 4.79 Å². The second kappa shape index (κ2) is 6.86. The minimum Gasteiger partial charge on any atom is -0.338 e. The Balaban J connectivity index is 1.46. The summed E-state index contributed by atoms with van der Waals surface area (Å²) in [4.78, 5) is 23.8. The Morgan fingerprint density at radius 1 is 1.27 bits per heavy atom. The van der Waals surface area contributed by atoms with Gasteiger partial charge in [0.05, 0.1) is 16.8 Å². The number of rotatable bonds is 3. The minimum absolute atomic E-state index is 0.0915. The molecule has 0 bridgehead atoms. The number of amides is 1. The number of aromatic nitrogens is 4. The molecule has 0 N–H and O–H groups in total. The molecule has 0 unspecified atom stereocenters. The molecule has 134 valence electrons. The van der Waals surface area contributed by atoms with Crippen molar-refractivity contribution in [1.29, 1.82) is 0 Å². The molecule has 0 spiro atoms. The number of likely N-dealkylation sites (tertiary alicyclic amines) is 1. The van der Waals surface area contributed by atoms with Crippen molar-refractivity contribution >= 4 is 16.8 Å². The maximum absolute atomic E-state index is 12.8. The van der Waals surface area contributed by atoms with Gasteiger partial charge in [-0.2, -0.15) is 5.10 Å². The topological polar surface area (TPSA) is 63.9 Å². The van der Waals surface area contributed by atoms with Gasteiger partial charge in [0.1, 0.15) is 0 Å². The van der Waals surface area contributed by atoms with Crippen LogP contribution in [-0.2, 0) is 6.54 Å². The Kier molecular flexibility index (Phi) is 4.41. The second-order valence-corrected chi connectivity index (χ2v) is 6.86. The summed E-state index contributed by atoms with van der Waals surface area (Å²) in [6.45, 7) is 6.21. The van der Waals surface area contributed by atoms with E-state index in [9.17, 15) is 4.79 Å². The normalized spacial score (nSPS) is 15.5. The highest BCUT2D eigenvalue weighted by molar-refractivity contribution is 5.95. The molecular weight excluding hydrogens is 326 g/mol. The first-order valence-electron chi connectivity index (χ1n) is 9.19. The van der Waals surface area contributed by atoms with E-state index in [1.54, 1.807) is 0 Å². The maximum atomic E-state index is 12.8. The standard InChI is InChI=1S/C20H23N5O/c1-3-25-13-17(14(2)23-25)20(26)24-9-6-15(7-10-24)18-11-19-16(12-22-18)5-4-8-21-19/h4-5,8,11-13,15H,3,6-7,9-10H2,1-2H3. The number of hydrogen-bond acceptors (Lipinski definition) is 4. The van der Waals surface area contributed by atoms with Gasteiger partial charge in [0.2, 0.25) is 0 Å². The van der Waals surface area contributed by atoms with Crippen LogP contribution in [0.5, 0.6) is 0 Å². The van der Waals surface area contributed by atoms with Gasteiger partial charge in [0.25, 0.3) is 5.91 Å². The lowest BCUT2D eigenvalue weighted by atomic mass is 9.92. The zero-order valence-corrected chi connectivity index (χ0v) is 15.2. The van der Waals surface area contributed by atoms with Gasteiger partial charge in [-0.25, -0.2) is 0 Å². The molecular formula is C20H23N5O. The summed E-state index contributed by atoms with van der Waals surface area (Å²) in [7, 11) is 0. The van der Waals surface area contributed by atoms with Gasteiger partial charge in [0, 0.05) is 55.2 Å². The summed E-state index contributed by atoms with van der Waals surface area (Å²) in [5, 5.41) is 5.45. The highest BCUT2D eigenvalue weighted by Gasteiger charge is 2.27. The molecule has 3 aromatic heterocycles. The van der Waals surface area contributed by atoms with Gasteiger partial charge < -0.3 is 4.90 Å². The molecule has 1 aliphatic rings. The van der Waals surface area contributed by atoms with E-state index in [4.69, 9.17) is 0 Å². The Bertz CT molecular complexity index is 940. The van der Waals surface area contributed by atoms with Crippen LogP contribution in [0, 0.1) is 6.92 Å². The van der Waals surface area contributed by atoms with Crippen LogP contribution in [0.15, 0.2) is 36.8 Å². The molecule has 26 heavy (non-hydrogen) atoms. The fourth-order valence-corrected chi connectivity index (χ4v) is 3.64. The first-order valence-corrected chi connectivity index (χ1v) is 9.19. The molecule has 1 fully saturated rings. The number of carbonyl (C=O) groups is 1. The van der Waals surface area contributed by atoms with Gasteiger partial charge in [-0.1, -0.05) is 0 Å². The molecule has 0 saturated carbocycles. The van der Waals surface area contributed by atoms with Crippen molar-refractivity contribution in [1.82, 2.24) is 24.6 Å². The molecule has 1 saturated heterocycles. The monoisotopic (exact) mass is 349 g/mol. The third-order valence-electron chi connectivity index (χ3n) is 5.21. The average molecular weight is 349 g/mol. The summed E-state index contributed by atoms with van der Waals surface area (Å²) >= 11 is 0. The molecule has 6 heteroatoms. The van der Waals surface area contributed by atoms with Crippen molar-refractivity contribution in [2.75, 3.05) is 13.1 Å². The first kappa shape index (κ1) is 16.7. The van der Waals surface area contributed by atoms with E-state index in [1.807, 2.05) is 54.2 Å². The van der Waals surface area contributed by atoms with Crippen LogP contribution >= 0.6 is 0 Å².